The van der Waals surface area contributed by atoms with Gasteiger partial charge in [-0.25, -0.2) is 9.78 Å². The lowest BCUT2D eigenvalue weighted by Crippen LogP contribution is -2.28. The number of carbonyl (C=O) groups is 2. The number of nitrogens with zero attached hydrogens (tertiary/aromatic N) is 2. The van der Waals surface area contributed by atoms with Crippen LogP contribution in [0, 0.1) is 11.3 Å². The molecule has 0 fully saturated rings. The Morgan fingerprint density at radius 1 is 1.27 bits per heavy atom. The number of nitriles is 1. The van der Waals surface area contributed by atoms with Crippen molar-refractivity contribution in [2.75, 3.05) is 20.3 Å². The number of esters is 1. The van der Waals surface area contributed by atoms with Gasteiger partial charge < -0.3 is 19.9 Å². The van der Waals surface area contributed by atoms with Gasteiger partial charge in [0, 0.05) is 12.7 Å². The van der Waals surface area contributed by atoms with Crippen LogP contribution in [0.2, 0.25) is 0 Å². The van der Waals surface area contributed by atoms with Gasteiger partial charge >= 0.3 is 5.97 Å². The summed E-state index contributed by atoms with van der Waals surface area (Å²) in [7, 11) is 1.27. The molecule has 1 aromatic carbocycles. The lowest BCUT2D eigenvalue weighted by Gasteiger charge is -2.13. The number of pyridine rings is 1. The molecule has 8 nitrogen and oxygen atoms in total. The zero-order chi connectivity index (χ0) is 18.9. The molecule has 1 atom stereocenters. The fraction of sp³-hybridized carbons (Fsp3) is 0.222. The third kappa shape index (κ3) is 5.29. The second-order valence-corrected chi connectivity index (χ2v) is 5.20. The van der Waals surface area contributed by atoms with Crippen molar-refractivity contribution in [3.63, 3.8) is 0 Å². The molecule has 1 amide bonds. The van der Waals surface area contributed by atoms with E-state index in [0.29, 0.717) is 16.9 Å². The average molecular weight is 355 g/mol. The van der Waals surface area contributed by atoms with E-state index in [1.54, 1.807) is 24.3 Å². The van der Waals surface area contributed by atoms with E-state index in [9.17, 15) is 14.7 Å². The topological polar surface area (TPSA) is 122 Å². The Morgan fingerprint density at radius 2 is 2.00 bits per heavy atom. The smallest absolute Gasteiger partial charge is 0.343 e. The molecule has 2 N–H and O–H groups in total. The molecule has 0 aliphatic heterocycles. The van der Waals surface area contributed by atoms with Crippen molar-refractivity contribution in [3.05, 3.63) is 59.4 Å². The summed E-state index contributed by atoms with van der Waals surface area (Å²) in [6.45, 7) is -0.200. The second kappa shape index (κ2) is 9.15. The highest BCUT2D eigenvalue weighted by molar-refractivity contribution is 5.93. The largest absolute Gasteiger partial charge is 0.482 e. The van der Waals surface area contributed by atoms with Crippen LogP contribution in [0.4, 0.5) is 0 Å². The molecule has 26 heavy (non-hydrogen) atoms. The van der Waals surface area contributed by atoms with E-state index in [1.807, 2.05) is 6.07 Å². The summed E-state index contributed by atoms with van der Waals surface area (Å²) in [5, 5.41) is 21.4. The Kier molecular flexibility index (Phi) is 6.65. The predicted octanol–water partition coefficient (Wildman–Crippen LogP) is 0.968. The van der Waals surface area contributed by atoms with Gasteiger partial charge in [-0.15, -0.1) is 0 Å². The van der Waals surface area contributed by atoms with Crippen molar-refractivity contribution in [1.82, 2.24) is 10.3 Å². The van der Waals surface area contributed by atoms with Gasteiger partial charge in [0.25, 0.3) is 5.91 Å². The second-order valence-electron chi connectivity index (χ2n) is 5.20. The van der Waals surface area contributed by atoms with Gasteiger partial charge in [0.2, 0.25) is 0 Å². The van der Waals surface area contributed by atoms with Crippen molar-refractivity contribution in [2.24, 2.45) is 0 Å². The molecule has 0 bridgehead atoms. The number of ether oxygens (including phenoxy) is 2. The number of carbonyl (C=O) groups excluding carboxylic acids is 2. The van der Waals surface area contributed by atoms with Crippen molar-refractivity contribution in [1.29, 1.82) is 5.26 Å². The minimum atomic E-state index is -0.917. The molecule has 2 rings (SSSR count). The van der Waals surface area contributed by atoms with Crippen molar-refractivity contribution in [3.8, 4) is 11.8 Å². The molecule has 0 radical (unpaired) electrons. The van der Waals surface area contributed by atoms with Crippen LogP contribution in [0.3, 0.4) is 0 Å². The summed E-state index contributed by atoms with van der Waals surface area (Å²) in [5.41, 5.74) is 1.09. The summed E-state index contributed by atoms with van der Waals surface area (Å²) in [4.78, 5) is 26.8. The van der Waals surface area contributed by atoms with Crippen LogP contribution in [0.5, 0.6) is 5.75 Å². The Balaban J connectivity index is 1.86. The number of amides is 1. The maximum absolute atomic E-state index is 12.0. The lowest BCUT2D eigenvalue weighted by molar-refractivity contribution is -0.142. The van der Waals surface area contributed by atoms with Gasteiger partial charge in [-0.3, -0.25) is 4.79 Å². The quantitative estimate of drug-likeness (QED) is 0.710. The lowest BCUT2D eigenvalue weighted by atomic mass is 10.1. The first kappa shape index (κ1) is 18.9. The summed E-state index contributed by atoms with van der Waals surface area (Å²) < 4.78 is 9.69. The molecule has 0 aliphatic carbocycles. The molecule has 0 unspecified atom stereocenters. The molecule has 0 aliphatic rings. The van der Waals surface area contributed by atoms with Crippen molar-refractivity contribution < 1.29 is 24.2 Å². The first-order valence-electron chi connectivity index (χ1n) is 7.65. The molecule has 2 aromatic rings. The molecular weight excluding hydrogens is 338 g/mol. The van der Waals surface area contributed by atoms with Crippen LogP contribution in [-0.2, 0) is 9.53 Å². The number of aromatic nitrogens is 1. The average Bonchev–Trinajstić information content (AvgIpc) is 2.70. The number of rotatable bonds is 7. The first-order valence-corrected chi connectivity index (χ1v) is 7.65. The zero-order valence-electron chi connectivity index (χ0n) is 14.0. The number of benzene rings is 1. The van der Waals surface area contributed by atoms with Gasteiger partial charge in [0.1, 0.15) is 17.5 Å². The highest BCUT2D eigenvalue weighted by Gasteiger charge is 2.12. The fourth-order valence-electron chi connectivity index (χ4n) is 1.99. The van der Waals surface area contributed by atoms with Crippen LogP contribution < -0.4 is 10.1 Å². The third-order valence-corrected chi connectivity index (χ3v) is 3.45. The maximum Gasteiger partial charge on any atom is 0.343 e. The first-order chi connectivity index (χ1) is 12.5. The molecule has 0 spiro atoms. The van der Waals surface area contributed by atoms with E-state index in [4.69, 9.17) is 10.00 Å². The Bertz CT molecular complexity index is 797. The Labute approximate surface area is 150 Å². The van der Waals surface area contributed by atoms with Crippen LogP contribution in [0.25, 0.3) is 0 Å². The highest BCUT2D eigenvalue weighted by atomic mass is 16.6. The van der Waals surface area contributed by atoms with E-state index < -0.39 is 18.0 Å². The van der Waals surface area contributed by atoms with E-state index in [2.05, 4.69) is 15.0 Å². The minimum Gasteiger partial charge on any atom is -0.482 e. The third-order valence-electron chi connectivity index (χ3n) is 3.45. The molecular formula is C18H17N3O5. The van der Waals surface area contributed by atoms with Crippen LogP contribution in [-0.4, -0.2) is 42.2 Å². The van der Waals surface area contributed by atoms with Crippen LogP contribution in [0.1, 0.15) is 27.7 Å². The van der Waals surface area contributed by atoms with Gasteiger partial charge in [-0.1, -0.05) is 12.1 Å². The standard InChI is InChI=1S/C18H17N3O5/c1-25-17(23)11-26-15-6-3-12(4-7-15)16(22)10-21-18(24)13-2-5-14(8-19)20-9-13/h2-7,9,16,22H,10-11H2,1H3,(H,21,24)/t16-/m1/s1. The van der Waals surface area contributed by atoms with Gasteiger partial charge in [0.15, 0.2) is 6.61 Å². The van der Waals surface area contributed by atoms with Crippen LogP contribution >= 0.6 is 0 Å². The van der Waals surface area contributed by atoms with E-state index in [-0.39, 0.29) is 18.8 Å². The molecule has 134 valence electrons. The number of aliphatic hydroxyl groups is 1. The number of aliphatic hydroxyl groups excluding tert-OH is 1. The number of hydrogen-bond acceptors (Lipinski definition) is 7. The number of methoxy groups -OCH3 is 1. The van der Waals surface area contributed by atoms with Crippen LogP contribution in [0.15, 0.2) is 42.6 Å². The minimum absolute atomic E-state index is 0.00119. The summed E-state index contributed by atoms with van der Waals surface area (Å²) in [6.07, 6.45) is 0.383. The number of nitrogens with one attached hydrogen (secondary N) is 1. The van der Waals surface area contributed by atoms with Gasteiger partial charge in [-0.05, 0) is 29.8 Å². The molecule has 0 saturated carbocycles. The fourth-order valence-corrected chi connectivity index (χ4v) is 1.99. The summed E-state index contributed by atoms with van der Waals surface area (Å²) in [6, 6.07) is 11.3. The summed E-state index contributed by atoms with van der Waals surface area (Å²) in [5.74, 6) is -0.438. The van der Waals surface area contributed by atoms with Gasteiger partial charge in [0.05, 0.1) is 18.8 Å². The Morgan fingerprint density at radius 3 is 2.58 bits per heavy atom. The van der Waals surface area contributed by atoms with E-state index >= 15 is 0 Å². The predicted molar refractivity (Wildman–Crippen MR) is 90.2 cm³/mol. The van der Waals surface area contributed by atoms with Crippen molar-refractivity contribution in [2.45, 2.75) is 6.10 Å². The molecule has 1 heterocycles. The number of hydrogen-bond donors (Lipinski definition) is 2. The van der Waals surface area contributed by atoms with Crippen molar-refractivity contribution >= 4 is 11.9 Å². The van der Waals surface area contributed by atoms with E-state index in [1.165, 1.54) is 25.4 Å². The molecule has 0 saturated heterocycles. The molecule has 8 heteroatoms. The Hall–Kier alpha value is -3.44. The van der Waals surface area contributed by atoms with Gasteiger partial charge in [-0.2, -0.15) is 5.26 Å². The summed E-state index contributed by atoms with van der Waals surface area (Å²) >= 11 is 0. The van der Waals surface area contributed by atoms with E-state index in [0.717, 1.165) is 0 Å². The SMILES string of the molecule is COC(=O)COc1ccc([C@H](O)CNC(=O)c2ccc(C#N)nc2)cc1. The highest BCUT2D eigenvalue weighted by Crippen LogP contribution is 2.17. The monoisotopic (exact) mass is 355 g/mol. The normalized spacial score (nSPS) is 11.1. The zero-order valence-corrected chi connectivity index (χ0v) is 14.0. The maximum atomic E-state index is 12.0. The molecule has 1 aromatic heterocycles.